The average Bonchev–Trinajstić information content (AvgIpc) is 2.49. The zero-order valence-electron chi connectivity index (χ0n) is 12.6. The van der Waals surface area contributed by atoms with Crippen molar-refractivity contribution in [1.82, 2.24) is 19.8 Å². The van der Waals surface area contributed by atoms with Crippen LogP contribution in [0.2, 0.25) is 5.15 Å². The molecule has 1 aromatic heterocycles. The Labute approximate surface area is 131 Å². The van der Waals surface area contributed by atoms with E-state index in [0.29, 0.717) is 11.2 Å². The molecule has 0 spiro atoms. The largest absolute Gasteiger partial charge is 0.366 e. The summed E-state index contributed by atoms with van der Waals surface area (Å²) in [6, 6.07) is 1.27. The van der Waals surface area contributed by atoms with E-state index in [1.165, 1.54) is 51.9 Å². The van der Waals surface area contributed by atoms with Gasteiger partial charge in [-0.2, -0.15) is 0 Å². The molecule has 3 rings (SSSR count). The van der Waals surface area contributed by atoms with E-state index < -0.39 is 0 Å². The molecule has 6 heteroatoms. The van der Waals surface area contributed by atoms with Crippen LogP contribution in [0.15, 0.2) is 12.4 Å². The van der Waals surface area contributed by atoms with Crippen molar-refractivity contribution in [2.45, 2.75) is 37.8 Å². The third kappa shape index (κ3) is 4.05. The summed E-state index contributed by atoms with van der Waals surface area (Å²) in [4.78, 5) is 13.4. The first-order valence-electron chi connectivity index (χ1n) is 7.87. The number of aromatic nitrogens is 2. The van der Waals surface area contributed by atoms with Gasteiger partial charge in [0, 0.05) is 25.2 Å². The molecule has 3 heterocycles. The summed E-state index contributed by atoms with van der Waals surface area (Å²) in [5.74, 6) is 0.792. The Morgan fingerprint density at radius 2 is 1.81 bits per heavy atom. The van der Waals surface area contributed by atoms with Crippen molar-refractivity contribution in [2.75, 3.05) is 38.5 Å². The summed E-state index contributed by atoms with van der Waals surface area (Å²) in [6.45, 7) is 4.84. The van der Waals surface area contributed by atoms with Gasteiger partial charge in [-0.25, -0.2) is 4.98 Å². The van der Waals surface area contributed by atoms with Crippen molar-refractivity contribution >= 4 is 17.4 Å². The zero-order valence-corrected chi connectivity index (χ0v) is 13.4. The van der Waals surface area contributed by atoms with Gasteiger partial charge in [0.05, 0.1) is 12.4 Å². The lowest BCUT2D eigenvalue weighted by Gasteiger charge is -2.41. The summed E-state index contributed by atoms with van der Waals surface area (Å²) in [7, 11) is 2.22. The van der Waals surface area contributed by atoms with Crippen LogP contribution >= 0.6 is 11.6 Å². The summed E-state index contributed by atoms with van der Waals surface area (Å²) in [5.41, 5.74) is 0. The van der Waals surface area contributed by atoms with Gasteiger partial charge in [0.1, 0.15) is 11.0 Å². The summed E-state index contributed by atoms with van der Waals surface area (Å²) in [5, 5.41) is 3.91. The number of hydrogen-bond acceptors (Lipinski definition) is 5. The highest BCUT2D eigenvalue weighted by atomic mass is 35.5. The standard InChI is InChI=1S/C15H24ClN5/c1-20-6-4-13(5-7-20)21-8-2-12(3-9-21)18-15-11-17-10-14(16)19-15/h10-13H,2-9H2,1H3,(H,18,19). The molecule has 0 aliphatic carbocycles. The highest BCUT2D eigenvalue weighted by Gasteiger charge is 2.27. The lowest BCUT2D eigenvalue weighted by Crippen LogP contribution is -2.48. The van der Waals surface area contributed by atoms with Gasteiger partial charge < -0.3 is 15.1 Å². The Morgan fingerprint density at radius 3 is 2.48 bits per heavy atom. The number of likely N-dealkylation sites (tertiary alicyclic amines) is 2. The first kappa shape index (κ1) is 15.0. The molecular formula is C15H24ClN5. The molecule has 2 saturated heterocycles. The predicted octanol–water partition coefficient (Wildman–Crippen LogP) is 2.10. The molecule has 5 nitrogen and oxygen atoms in total. The van der Waals surface area contributed by atoms with Crippen molar-refractivity contribution in [3.63, 3.8) is 0 Å². The van der Waals surface area contributed by atoms with Crippen LogP contribution in [0.3, 0.4) is 0 Å². The van der Waals surface area contributed by atoms with Crippen LogP contribution in [-0.2, 0) is 0 Å². The van der Waals surface area contributed by atoms with Crippen molar-refractivity contribution in [2.24, 2.45) is 0 Å². The number of rotatable bonds is 3. The Morgan fingerprint density at radius 1 is 1.10 bits per heavy atom. The summed E-state index contributed by atoms with van der Waals surface area (Å²) >= 11 is 5.87. The van der Waals surface area contributed by atoms with Crippen LogP contribution in [-0.4, -0.2) is 65.1 Å². The van der Waals surface area contributed by atoms with E-state index in [-0.39, 0.29) is 0 Å². The minimum Gasteiger partial charge on any atom is -0.366 e. The Bertz CT molecular complexity index is 453. The quantitative estimate of drug-likeness (QED) is 0.926. The fourth-order valence-electron chi connectivity index (χ4n) is 3.39. The van der Waals surface area contributed by atoms with Gasteiger partial charge >= 0.3 is 0 Å². The van der Waals surface area contributed by atoms with Gasteiger partial charge in [-0.05, 0) is 45.8 Å². The molecular weight excluding hydrogens is 286 g/mol. The Hall–Kier alpha value is -0.910. The maximum absolute atomic E-state index is 5.87. The van der Waals surface area contributed by atoms with Gasteiger partial charge in [0.25, 0.3) is 0 Å². The summed E-state index contributed by atoms with van der Waals surface area (Å²) in [6.07, 6.45) is 8.27. The molecule has 0 saturated carbocycles. The molecule has 1 N–H and O–H groups in total. The zero-order chi connectivity index (χ0) is 14.7. The highest BCUT2D eigenvalue weighted by molar-refractivity contribution is 6.29. The SMILES string of the molecule is CN1CCC(N2CCC(Nc3cncc(Cl)n3)CC2)CC1. The average molecular weight is 310 g/mol. The summed E-state index contributed by atoms with van der Waals surface area (Å²) < 4.78 is 0. The number of halogens is 1. The van der Waals surface area contributed by atoms with Crippen LogP contribution in [0.4, 0.5) is 5.82 Å². The number of piperidine rings is 2. The predicted molar refractivity (Wildman–Crippen MR) is 85.8 cm³/mol. The van der Waals surface area contributed by atoms with E-state index in [2.05, 4.69) is 32.1 Å². The second kappa shape index (κ2) is 6.90. The van der Waals surface area contributed by atoms with Crippen LogP contribution < -0.4 is 5.32 Å². The molecule has 116 valence electrons. The molecule has 0 radical (unpaired) electrons. The van der Waals surface area contributed by atoms with Crippen molar-refractivity contribution in [3.8, 4) is 0 Å². The van der Waals surface area contributed by atoms with E-state index in [1.54, 1.807) is 12.4 Å². The van der Waals surface area contributed by atoms with Crippen LogP contribution in [0.5, 0.6) is 0 Å². The van der Waals surface area contributed by atoms with E-state index in [4.69, 9.17) is 11.6 Å². The molecule has 0 aromatic carbocycles. The van der Waals surface area contributed by atoms with Gasteiger partial charge in [-0.1, -0.05) is 11.6 Å². The molecule has 0 amide bonds. The van der Waals surface area contributed by atoms with E-state index >= 15 is 0 Å². The topological polar surface area (TPSA) is 44.3 Å². The molecule has 0 unspecified atom stereocenters. The van der Waals surface area contributed by atoms with Gasteiger partial charge in [0.2, 0.25) is 0 Å². The van der Waals surface area contributed by atoms with Crippen molar-refractivity contribution in [1.29, 1.82) is 0 Å². The fraction of sp³-hybridized carbons (Fsp3) is 0.733. The maximum Gasteiger partial charge on any atom is 0.149 e. The molecule has 21 heavy (non-hydrogen) atoms. The highest BCUT2D eigenvalue weighted by Crippen LogP contribution is 2.22. The second-order valence-corrected chi connectivity index (χ2v) is 6.60. The van der Waals surface area contributed by atoms with E-state index in [9.17, 15) is 0 Å². The minimum absolute atomic E-state index is 0.448. The first-order chi connectivity index (χ1) is 10.2. The monoisotopic (exact) mass is 309 g/mol. The van der Waals surface area contributed by atoms with E-state index in [1.807, 2.05) is 0 Å². The molecule has 2 fully saturated rings. The van der Waals surface area contributed by atoms with Gasteiger partial charge in [0.15, 0.2) is 0 Å². The number of hydrogen-bond donors (Lipinski definition) is 1. The number of nitrogens with one attached hydrogen (secondary N) is 1. The smallest absolute Gasteiger partial charge is 0.149 e. The van der Waals surface area contributed by atoms with Gasteiger partial charge in [-0.3, -0.25) is 4.98 Å². The van der Waals surface area contributed by atoms with Gasteiger partial charge in [-0.15, -0.1) is 0 Å². The molecule has 2 aliphatic rings. The second-order valence-electron chi connectivity index (χ2n) is 6.22. The molecule has 1 aromatic rings. The fourth-order valence-corrected chi connectivity index (χ4v) is 3.54. The first-order valence-corrected chi connectivity index (χ1v) is 8.25. The van der Waals surface area contributed by atoms with Crippen molar-refractivity contribution in [3.05, 3.63) is 17.5 Å². The van der Waals surface area contributed by atoms with Crippen molar-refractivity contribution < 1.29 is 0 Å². The normalized spacial score (nSPS) is 23.3. The third-order valence-electron chi connectivity index (χ3n) is 4.69. The number of anilines is 1. The molecule has 2 aliphatic heterocycles. The third-order valence-corrected chi connectivity index (χ3v) is 4.87. The lowest BCUT2D eigenvalue weighted by molar-refractivity contribution is 0.0993. The minimum atomic E-state index is 0.448. The lowest BCUT2D eigenvalue weighted by atomic mass is 9.98. The Kier molecular flexibility index (Phi) is 4.93. The van der Waals surface area contributed by atoms with E-state index in [0.717, 1.165) is 11.9 Å². The Balaban J connectivity index is 1.47. The molecule has 0 atom stereocenters. The van der Waals surface area contributed by atoms with Crippen LogP contribution in [0.1, 0.15) is 25.7 Å². The van der Waals surface area contributed by atoms with Crippen LogP contribution in [0.25, 0.3) is 0 Å². The van der Waals surface area contributed by atoms with Crippen LogP contribution in [0, 0.1) is 0 Å². The number of nitrogens with zero attached hydrogens (tertiary/aromatic N) is 4. The maximum atomic E-state index is 5.87. The molecule has 0 bridgehead atoms.